The zero-order chi connectivity index (χ0) is 19.5. The van der Waals surface area contributed by atoms with E-state index in [4.69, 9.17) is 10.3 Å². The van der Waals surface area contributed by atoms with Gasteiger partial charge in [-0.2, -0.15) is 0 Å². The molecular formula is C20H18N4O3S. The van der Waals surface area contributed by atoms with Gasteiger partial charge in [-0.15, -0.1) is 10.2 Å². The normalized spacial score (nSPS) is 11.0. The summed E-state index contributed by atoms with van der Waals surface area (Å²) in [7, 11) is 1.31. The molecule has 28 heavy (non-hydrogen) atoms. The van der Waals surface area contributed by atoms with Gasteiger partial charge >= 0.3 is 5.97 Å². The number of hydrogen-bond donors (Lipinski definition) is 1. The van der Waals surface area contributed by atoms with Crippen molar-refractivity contribution < 1.29 is 13.9 Å². The molecule has 8 heteroatoms. The summed E-state index contributed by atoms with van der Waals surface area (Å²) in [5, 5.41) is 11.3. The molecule has 0 unspecified atom stereocenters. The Labute approximate surface area is 165 Å². The summed E-state index contributed by atoms with van der Waals surface area (Å²) < 4.78 is 11.6. The zero-order valence-electron chi connectivity index (χ0n) is 15.2. The van der Waals surface area contributed by atoms with Gasteiger partial charge in [0.25, 0.3) is 0 Å². The van der Waals surface area contributed by atoms with Crippen LogP contribution >= 0.6 is 11.8 Å². The number of esters is 1. The van der Waals surface area contributed by atoms with E-state index in [0.29, 0.717) is 28.9 Å². The van der Waals surface area contributed by atoms with E-state index in [1.807, 2.05) is 18.2 Å². The number of furan rings is 1. The minimum atomic E-state index is -0.504. The van der Waals surface area contributed by atoms with E-state index < -0.39 is 5.97 Å². The number of carbonyl (C=O) groups is 1. The van der Waals surface area contributed by atoms with Crippen molar-refractivity contribution in [3.05, 3.63) is 77.5 Å². The van der Waals surface area contributed by atoms with E-state index in [2.05, 4.69) is 39.2 Å². The van der Waals surface area contributed by atoms with Gasteiger partial charge in [-0.1, -0.05) is 54.2 Å². The molecule has 0 aliphatic heterocycles. The minimum absolute atomic E-state index is 0.170. The molecule has 2 heterocycles. The Kier molecular flexibility index (Phi) is 5.03. The Bertz CT molecular complexity index is 1130. The third-order valence-electron chi connectivity index (χ3n) is 4.36. The summed E-state index contributed by atoms with van der Waals surface area (Å²) >= 11 is 1.39. The Balaban J connectivity index is 1.48. The third-order valence-corrected chi connectivity index (χ3v) is 5.32. The van der Waals surface area contributed by atoms with Gasteiger partial charge in [0.15, 0.2) is 5.82 Å². The van der Waals surface area contributed by atoms with Crippen molar-refractivity contribution in [2.24, 2.45) is 0 Å². The van der Waals surface area contributed by atoms with Gasteiger partial charge in [-0.05, 0) is 28.5 Å². The average Bonchev–Trinajstić information content (AvgIpc) is 3.33. The number of rotatable bonds is 6. The first-order valence-corrected chi connectivity index (χ1v) is 9.60. The van der Waals surface area contributed by atoms with Crippen LogP contribution in [0.2, 0.25) is 0 Å². The number of aromatic nitrogens is 3. The molecule has 0 saturated heterocycles. The summed E-state index contributed by atoms with van der Waals surface area (Å²) in [5.74, 6) is 7.64. The topological polar surface area (TPSA) is 96.2 Å². The minimum Gasteiger partial charge on any atom is -0.463 e. The maximum atomic E-state index is 11.5. The molecule has 0 bridgehead atoms. The highest BCUT2D eigenvalue weighted by Gasteiger charge is 2.15. The fourth-order valence-electron chi connectivity index (χ4n) is 2.94. The Morgan fingerprint density at radius 2 is 1.96 bits per heavy atom. The molecule has 4 aromatic rings. The standard InChI is InChI=1S/C20H18N4O3S/c1-26-19(25)17-10-9-15(27-17)12-28-20-23-22-18(24(20)21)11-14-7-4-6-13-5-2-3-8-16(13)14/h2-10H,11-12,21H2,1H3. The molecule has 2 aromatic heterocycles. The molecule has 0 aliphatic carbocycles. The predicted octanol–water partition coefficient (Wildman–Crippen LogP) is 3.41. The number of nitrogen functional groups attached to an aromatic ring is 1. The van der Waals surface area contributed by atoms with Crippen molar-refractivity contribution in [3.63, 3.8) is 0 Å². The van der Waals surface area contributed by atoms with Crippen LogP contribution in [-0.4, -0.2) is 28.0 Å². The molecule has 0 spiro atoms. The van der Waals surface area contributed by atoms with Gasteiger partial charge in [0, 0.05) is 6.42 Å². The van der Waals surface area contributed by atoms with Crippen molar-refractivity contribution in [2.45, 2.75) is 17.3 Å². The highest BCUT2D eigenvalue weighted by molar-refractivity contribution is 7.98. The fourth-order valence-corrected chi connectivity index (χ4v) is 3.71. The van der Waals surface area contributed by atoms with Crippen LogP contribution in [0.5, 0.6) is 0 Å². The monoisotopic (exact) mass is 394 g/mol. The SMILES string of the molecule is COC(=O)c1ccc(CSc2nnc(Cc3cccc4ccccc34)n2N)o1. The second-order valence-corrected chi connectivity index (χ2v) is 7.07. The van der Waals surface area contributed by atoms with E-state index in [-0.39, 0.29) is 5.76 Å². The lowest BCUT2D eigenvalue weighted by atomic mass is 10.0. The number of thioether (sulfide) groups is 1. The lowest BCUT2D eigenvalue weighted by molar-refractivity contribution is 0.0563. The van der Waals surface area contributed by atoms with Crippen LogP contribution in [0, 0.1) is 0 Å². The van der Waals surface area contributed by atoms with Crippen LogP contribution in [0.1, 0.15) is 27.7 Å². The van der Waals surface area contributed by atoms with Gasteiger partial charge in [-0.25, -0.2) is 9.47 Å². The Morgan fingerprint density at radius 1 is 1.14 bits per heavy atom. The molecule has 0 aliphatic rings. The maximum absolute atomic E-state index is 11.5. The molecule has 0 fully saturated rings. The van der Waals surface area contributed by atoms with Gasteiger partial charge < -0.3 is 15.0 Å². The van der Waals surface area contributed by atoms with Crippen LogP contribution in [0.3, 0.4) is 0 Å². The van der Waals surface area contributed by atoms with Gasteiger partial charge in [0.1, 0.15) is 5.76 Å². The fraction of sp³-hybridized carbons (Fsp3) is 0.150. The maximum Gasteiger partial charge on any atom is 0.373 e. The molecule has 2 aromatic carbocycles. The number of hydrogen-bond acceptors (Lipinski definition) is 7. The number of benzene rings is 2. The molecule has 0 atom stereocenters. The molecule has 0 radical (unpaired) electrons. The van der Waals surface area contributed by atoms with Gasteiger partial charge in [0.2, 0.25) is 10.9 Å². The summed E-state index contributed by atoms with van der Waals surface area (Å²) in [6.45, 7) is 0. The predicted molar refractivity (Wildman–Crippen MR) is 107 cm³/mol. The van der Waals surface area contributed by atoms with Crippen molar-refractivity contribution in [2.75, 3.05) is 13.0 Å². The van der Waals surface area contributed by atoms with Crippen molar-refractivity contribution in [1.29, 1.82) is 0 Å². The molecule has 142 valence electrons. The van der Waals surface area contributed by atoms with Crippen LogP contribution in [0.4, 0.5) is 0 Å². The van der Waals surface area contributed by atoms with E-state index in [1.165, 1.54) is 34.3 Å². The van der Waals surface area contributed by atoms with E-state index in [1.54, 1.807) is 12.1 Å². The molecule has 7 nitrogen and oxygen atoms in total. The van der Waals surface area contributed by atoms with E-state index >= 15 is 0 Å². The first kappa shape index (κ1) is 18.1. The first-order chi connectivity index (χ1) is 13.7. The van der Waals surface area contributed by atoms with Gasteiger partial charge in [0.05, 0.1) is 12.9 Å². The van der Waals surface area contributed by atoms with Crippen molar-refractivity contribution in [1.82, 2.24) is 14.9 Å². The van der Waals surface area contributed by atoms with Crippen LogP contribution < -0.4 is 5.84 Å². The third kappa shape index (κ3) is 3.59. The number of ether oxygens (including phenoxy) is 1. The lowest BCUT2D eigenvalue weighted by Gasteiger charge is -2.07. The van der Waals surface area contributed by atoms with Crippen LogP contribution in [0.25, 0.3) is 10.8 Å². The molecule has 0 saturated carbocycles. The second-order valence-electron chi connectivity index (χ2n) is 6.13. The number of carbonyl (C=O) groups excluding carboxylic acids is 1. The number of nitrogens with zero attached hydrogens (tertiary/aromatic N) is 3. The van der Waals surface area contributed by atoms with Crippen molar-refractivity contribution >= 4 is 28.5 Å². The summed E-state index contributed by atoms with van der Waals surface area (Å²) in [6, 6.07) is 17.7. The highest BCUT2D eigenvalue weighted by Crippen LogP contribution is 2.24. The summed E-state index contributed by atoms with van der Waals surface area (Å²) in [5.41, 5.74) is 1.14. The molecular weight excluding hydrogens is 376 g/mol. The highest BCUT2D eigenvalue weighted by atomic mass is 32.2. The number of methoxy groups -OCH3 is 1. The van der Waals surface area contributed by atoms with Crippen molar-refractivity contribution in [3.8, 4) is 0 Å². The zero-order valence-corrected chi connectivity index (χ0v) is 16.0. The molecule has 2 N–H and O–H groups in total. The Hall–Kier alpha value is -3.26. The summed E-state index contributed by atoms with van der Waals surface area (Å²) in [6.07, 6.45) is 0.582. The smallest absolute Gasteiger partial charge is 0.373 e. The quantitative estimate of drug-likeness (QED) is 0.304. The van der Waals surface area contributed by atoms with Crippen LogP contribution in [0.15, 0.2) is 64.2 Å². The molecule has 0 amide bonds. The largest absolute Gasteiger partial charge is 0.463 e. The van der Waals surface area contributed by atoms with Gasteiger partial charge in [-0.3, -0.25) is 0 Å². The molecule has 4 rings (SSSR count). The van der Waals surface area contributed by atoms with E-state index in [9.17, 15) is 4.79 Å². The Morgan fingerprint density at radius 3 is 2.82 bits per heavy atom. The van der Waals surface area contributed by atoms with Crippen LogP contribution in [-0.2, 0) is 16.9 Å². The number of nitrogens with two attached hydrogens (primary N) is 1. The van der Waals surface area contributed by atoms with E-state index in [0.717, 1.165) is 5.56 Å². The average molecular weight is 394 g/mol. The lowest BCUT2D eigenvalue weighted by Crippen LogP contribution is -2.14. The number of fused-ring (bicyclic) bond motifs is 1. The first-order valence-electron chi connectivity index (χ1n) is 8.61. The summed E-state index contributed by atoms with van der Waals surface area (Å²) in [4.78, 5) is 11.5. The second kappa shape index (κ2) is 7.77.